The lowest BCUT2D eigenvalue weighted by Crippen LogP contribution is -2.13. The number of nitrogens with one attached hydrogen (secondary N) is 2. The maximum absolute atomic E-state index is 12.2. The number of pyridine rings is 1. The van der Waals surface area contributed by atoms with Gasteiger partial charge in [0.05, 0.1) is 11.1 Å². The summed E-state index contributed by atoms with van der Waals surface area (Å²) in [5.41, 5.74) is 7.33. The standard InChI is InChI=1S/C13H11N5O/c14-13-16-9-5-3-4-8(11(9)18-13)12(19)17-10-6-1-2-7-15-10/h1-7H,(H3,14,16,18)(H,15,17,19). The number of anilines is 2. The molecule has 3 rings (SSSR count). The van der Waals surface area contributed by atoms with Crippen LogP contribution in [0.25, 0.3) is 11.0 Å². The van der Waals surface area contributed by atoms with Crippen LogP contribution < -0.4 is 11.1 Å². The molecule has 0 aliphatic heterocycles. The molecule has 0 fully saturated rings. The lowest BCUT2D eigenvalue weighted by Gasteiger charge is -2.04. The molecule has 4 N–H and O–H groups in total. The minimum Gasteiger partial charge on any atom is -0.369 e. The molecule has 0 saturated carbocycles. The summed E-state index contributed by atoms with van der Waals surface area (Å²) >= 11 is 0. The average molecular weight is 253 g/mol. The van der Waals surface area contributed by atoms with Crippen molar-refractivity contribution in [1.29, 1.82) is 0 Å². The first-order valence-electron chi connectivity index (χ1n) is 5.70. The number of para-hydroxylation sites is 1. The number of benzene rings is 1. The van der Waals surface area contributed by atoms with E-state index in [0.29, 0.717) is 16.9 Å². The van der Waals surface area contributed by atoms with Crippen LogP contribution in [0.4, 0.5) is 11.8 Å². The highest BCUT2D eigenvalue weighted by Gasteiger charge is 2.13. The van der Waals surface area contributed by atoms with Crippen molar-refractivity contribution >= 4 is 28.7 Å². The number of carbonyl (C=O) groups is 1. The molecule has 0 aliphatic rings. The molecule has 0 unspecified atom stereocenters. The number of nitrogens with two attached hydrogens (primary N) is 1. The van der Waals surface area contributed by atoms with E-state index in [4.69, 9.17) is 5.73 Å². The van der Waals surface area contributed by atoms with Crippen molar-refractivity contribution in [2.75, 3.05) is 11.1 Å². The van der Waals surface area contributed by atoms with E-state index in [-0.39, 0.29) is 11.9 Å². The Bertz CT molecular complexity index is 735. The summed E-state index contributed by atoms with van der Waals surface area (Å²) in [6.07, 6.45) is 1.61. The summed E-state index contributed by atoms with van der Waals surface area (Å²) in [5.74, 6) is 0.511. The Labute approximate surface area is 108 Å². The lowest BCUT2D eigenvalue weighted by molar-refractivity contribution is 0.102. The summed E-state index contributed by atoms with van der Waals surface area (Å²) in [6, 6.07) is 10.6. The molecule has 2 heterocycles. The highest BCUT2D eigenvalue weighted by atomic mass is 16.1. The molecular weight excluding hydrogens is 242 g/mol. The predicted molar refractivity (Wildman–Crippen MR) is 72.7 cm³/mol. The lowest BCUT2D eigenvalue weighted by atomic mass is 10.1. The van der Waals surface area contributed by atoms with Gasteiger partial charge in [-0.2, -0.15) is 0 Å². The Balaban J connectivity index is 1.98. The van der Waals surface area contributed by atoms with E-state index in [1.165, 1.54) is 0 Å². The second kappa shape index (κ2) is 4.41. The van der Waals surface area contributed by atoms with Crippen molar-refractivity contribution in [2.24, 2.45) is 0 Å². The zero-order chi connectivity index (χ0) is 13.2. The summed E-state index contributed by atoms with van der Waals surface area (Å²) < 4.78 is 0. The van der Waals surface area contributed by atoms with E-state index < -0.39 is 0 Å². The number of rotatable bonds is 2. The first-order chi connectivity index (χ1) is 9.24. The third kappa shape index (κ3) is 2.11. The predicted octanol–water partition coefficient (Wildman–Crippen LogP) is 1.79. The fourth-order valence-corrected chi connectivity index (χ4v) is 1.85. The quantitative estimate of drug-likeness (QED) is 0.648. The van der Waals surface area contributed by atoms with E-state index >= 15 is 0 Å². The topological polar surface area (TPSA) is 96.7 Å². The number of carbonyl (C=O) groups excluding carboxylic acids is 1. The summed E-state index contributed by atoms with van der Waals surface area (Å²) in [5, 5.41) is 2.71. The van der Waals surface area contributed by atoms with Gasteiger partial charge in [-0.05, 0) is 24.3 Å². The van der Waals surface area contributed by atoms with Gasteiger partial charge in [0.25, 0.3) is 5.91 Å². The van der Waals surface area contributed by atoms with Crippen LogP contribution in [0.5, 0.6) is 0 Å². The molecule has 0 aliphatic carbocycles. The largest absolute Gasteiger partial charge is 0.369 e. The zero-order valence-corrected chi connectivity index (χ0v) is 9.92. The van der Waals surface area contributed by atoms with Gasteiger partial charge < -0.3 is 16.0 Å². The van der Waals surface area contributed by atoms with E-state index in [0.717, 1.165) is 5.52 Å². The monoisotopic (exact) mass is 253 g/mol. The van der Waals surface area contributed by atoms with Crippen LogP contribution in [0.15, 0.2) is 42.6 Å². The third-order valence-electron chi connectivity index (χ3n) is 2.68. The maximum atomic E-state index is 12.2. The van der Waals surface area contributed by atoms with Gasteiger partial charge in [-0.1, -0.05) is 12.1 Å². The average Bonchev–Trinajstić information content (AvgIpc) is 2.79. The molecule has 1 aromatic carbocycles. The number of nitrogens with zero attached hydrogens (tertiary/aromatic N) is 2. The Morgan fingerprint density at radius 1 is 1.21 bits per heavy atom. The fraction of sp³-hybridized carbons (Fsp3) is 0. The van der Waals surface area contributed by atoms with Crippen LogP contribution in [0.1, 0.15) is 10.4 Å². The third-order valence-corrected chi connectivity index (χ3v) is 2.68. The summed E-state index contributed by atoms with van der Waals surface area (Å²) in [6.45, 7) is 0. The number of nitrogen functional groups attached to an aromatic ring is 1. The van der Waals surface area contributed by atoms with Gasteiger partial charge in [0, 0.05) is 6.20 Å². The molecular formula is C13H11N5O. The highest BCUT2D eigenvalue weighted by molar-refractivity contribution is 6.11. The first kappa shape index (κ1) is 11.2. The first-order valence-corrected chi connectivity index (χ1v) is 5.70. The Hall–Kier alpha value is -2.89. The second-order valence-electron chi connectivity index (χ2n) is 3.99. The van der Waals surface area contributed by atoms with Gasteiger partial charge in [0.1, 0.15) is 11.3 Å². The molecule has 6 heteroatoms. The van der Waals surface area contributed by atoms with Gasteiger partial charge in [-0.15, -0.1) is 0 Å². The van der Waals surface area contributed by atoms with Crippen LogP contribution in [0, 0.1) is 0 Å². The van der Waals surface area contributed by atoms with Gasteiger partial charge in [-0.25, -0.2) is 9.97 Å². The van der Waals surface area contributed by atoms with Crippen LogP contribution in [-0.4, -0.2) is 20.9 Å². The van der Waals surface area contributed by atoms with Gasteiger partial charge in [0.15, 0.2) is 5.95 Å². The SMILES string of the molecule is Nc1nc2c(C(=O)Nc3ccccn3)cccc2[nH]1. The maximum Gasteiger partial charge on any atom is 0.259 e. The molecule has 0 atom stereocenters. The Morgan fingerprint density at radius 2 is 2.11 bits per heavy atom. The molecule has 2 aromatic heterocycles. The van der Waals surface area contributed by atoms with Crippen LogP contribution >= 0.6 is 0 Å². The molecule has 0 spiro atoms. The smallest absolute Gasteiger partial charge is 0.259 e. The van der Waals surface area contributed by atoms with Gasteiger partial charge in [-0.3, -0.25) is 4.79 Å². The van der Waals surface area contributed by atoms with E-state index in [1.807, 2.05) is 6.07 Å². The van der Waals surface area contributed by atoms with Crippen LogP contribution in [0.3, 0.4) is 0 Å². The molecule has 3 aromatic rings. The highest BCUT2D eigenvalue weighted by Crippen LogP contribution is 2.18. The van der Waals surface area contributed by atoms with Gasteiger partial charge >= 0.3 is 0 Å². The second-order valence-corrected chi connectivity index (χ2v) is 3.99. The van der Waals surface area contributed by atoms with Crippen molar-refractivity contribution in [3.05, 3.63) is 48.2 Å². The van der Waals surface area contributed by atoms with Crippen molar-refractivity contribution in [3.8, 4) is 0 Å². The zero-order valence-electron chi connectivity index (χ0n) is 9.92. The van der Waals surface area contributed by atoms with Crippen LogP contribution in [-0.2, 0) is 0 Å². The van der Waals surface area contributed by atoms with Crippen molar-refractivity contribution in [1.82, 2.24) is 15.0 Å². The van der Waals surface area contributed by atoms with E-state index in [9.17, 15) is 4.79 Å². The summed E-state index contributed by atoms with van der Waals surface area (Å²) in [7, 11) is 0. The number of hydrogen-bond acceptors (Lipinski definition) is 4. The molecule has 0 radical (unpaired) electrons. The molecule has 19 heavy (non-hydrogen) atoms. The van der Waals surface area contributed by atoms with Crippen LogP contribution in [0.2, 0.25) is 0 Å². The summed E-state index contributed by atoms with van der Waals surface area (Å²) in [4.78, 5) is 23.2. The normalized spacial score (nSPS) is 10.5. The van der Waals surface area contributed by atoms with Crippen molar-refractivity contribution in [3.63, 3.8) is 0 Å². The number of imidazole rings is 1. The number of hydrogen-bond donors (Lipinski definition) is 3. The van der Waals surface area contributed by atoms with E-state index in [1.54, 1.807) is 36.5 Å². The number of fused-ring (bicyclic) bond motifs is 1. The Morgan fingerprint density at radius 3 is 2.89 bits per heavy atom. The number of H-pyrrole nitrogens is 1. The molecule has 94 valence electrons. The van der Waals surface area contributed by atoms with E-state index in [2.05, 4.69) is 20.3 Å². The molecule has 0 saturated heterocycles. The van der Waals surface area contributed by atoms with Crippen molar-refractivity contribution in [2.45, 2.75) is 0 Å². The molecule has 1 amide bonds. The number of amides is 1. The van der Waals surface area contributed by atoms with Gasteiger partial charge in [0.2, 0.25) is 0 Å². The molecule has 0 bridgehead atoms. The fourth-order valence-electron chi connectivity index (χ4n) is 1.85. The Kier molecular flexibility index (Phi) is 2.60. The number of aromatic amines is 1. The molecule has 6 nitrogen and oxygen atoms in total. The number of aromatic nitrogens is 3. The minimum atomic E-state index is -0.268. The van der Waals surface area contributed by atoms with Crippen molar-refractivity contribution < 1.29 is 4.79 Å². The minimum absolute atomic E-state index is 0.268.